The van der Waals surface area contributed by atoms with E-state index in [9.17, 15) is 4.79 Å². The van der Waals surface area contributed by atoms with Gasteiger partial charge in [-0.25, -0.2) is 0 Å². The topological polar surface area (TPSA) is 58.2 Å². The van der Waals surface area contributed by atoms with Crippen LogP contribution in [0.5, 0.6) is 5.88 Å². The van der Waals surface area contributed by atoms with E-state index in [0.29, 0.717) is 17.9 Å². The second kappa shape index (κ2) is 9.14. The van der Waals surface area contributed by atoms with Gasteiger partial charge in [-0.05, 0) is 18.7 Å². The number of aromatic nitrogens is 2. The smallest absolute Gasteiger partial charge is 0.280 e. The summed E-state index contributed by atoms with van der Waals surface area (Å²) in [5.74, 6) is 0.112. The molecule has 3 aromatic rings. The monoisotopic (exact) mass is 363 g/mol. The van der Waals surface area contributed by atoms with Gasteiger partial charge in [-0.1, -0.05) is 74.5 Å². The van der Waals surface area contributed by atoms with Crippen molar-refractivity contribution in [1.29, 1.82) is 0 Å². The summed E-state index contributed by atoms with van der Waals surface area (Å²) in [5.41, 5.74) is 2.83. The number of benzene rings is 2. The predicted octanol–water partition coefficient (Wildman–Crippen LogP) is 3.82. The van der Waals surface area contributed by atoms with E-state index in [1.807, 2.05) is 60.7 Å². The molecule has 27 heavy (non-hydrogen) atoms. The summed E-state index contributed by atoms with van der Waals surface area (Å²) in [4.78, 5) is 15.4. The fraction of sp³-hybridized carbons (Fsp3) is 0.273. The fourth-order valence-electron chi connectivity index (χ4n) is 3.04. The first-order valence-corrected chi connectivity index (χ1v) is 9.33. The van der Waals surface area contributed by atoms with Gasteiger partial charge in [-0.2, -0.15) is 0 Å². The lowest BCUT2D eigenvalue weighted by molar-refractivity contribution is 0.215. The second-order valence-corrected chi connectivity index (χ2v) is 6.22. The third-order valence-corrected chi connectivity index (χ3v) is 4.61. The van der Waals surface area contributed by atoms with Crippen molar-refractivity contribution in [2.24, 2.45) is 0 Å². The van der Waals surface area contributed by atoms with Gasteiger partial charge >= 0.3 is 0 Å². The van der Waals surface area contributed by atoms with Crippen LogP contribution in [-0.4, -0.2) is 41.3 Å². The Morgan fingerprint density at radius 2 is 1.52 bits per heavy atom. The molecule has 0 fully saturated rings. The number of H-pyrrole nitrogens is 1. The average Bonchev–Trinajstić information content (AvgIpc) is 2.73. The van der Waals surface area contributed by atoms with Crippen molar-refractivity contribution in [3.05, 3.63) is 70.9 Å². The Balaban J connectivity index is 1.98. The van der Waals surface area contributed by atoms with E-state index in [-0.39, 0.29) is 11.3 Å². The summed E-state index contributed by atoms with van der Waals surface area (Å²) in [6.45, 7) is 7.30. The fourth-order valence-corrected chi connectivity index (χ4v) is 3.04. The molecule has 5 nitrogen and oxygen atoms in total. The summed E-state index contributed by atoms with van der Waals surface area (Å²) < 4.78 is 5.73. The third-order valence-electron chi connectivity index (χ3n) is 4.61. The van der Waals surface area contributed by atoms with Gasteiger partial charge < -0.3 is 9.64 Å². The number of nitrogens with one attached hydrogen (secondary N) is 1. The van der Waals surface area contributed by atoms with Crippen molar-refractivity contribution in [1.82, 2.24) is 15.1 Å². The van der Waals surface area contributed by atoms with Gasteiger partial charge in [0.25, 0.3) is 11.3 Å². The molecule has 0 aliphatic carbocycles. The highest BCUT2D eigenvalue weighted by atomic mass is 16.5. The number of hydrogen-bond acceptors (Lipinski definition) is 4. The van der Waals surface area contributed by atoms with E-state index in [0.717, 1.165) is 30.8 Å². The average molecular weight is 363 g/mol. The lowest BCUT2D eigenvalue weighted by atomic mass is 10.00. The van der Waals surface area contributed by atoms with E-state index >= 15 is 0 Å². The Morgan fingerprint density at radius 3 is 2.11 bits per heavy atom. The minimum Gasteiger partial charge on any atom is -0.473 e. The molecule has 0 saturated heterocycles. The number of rotatable bonds is 8. The molecule has 0 unspecified atom stereocenters. The summed E-state index contributed by atoms with van der Waals surface area (Å²) in [7, 11) is 0. The maximum Gasteiger partial charge on any atom is 0.280 e. The lowest BCUT2D eigenvalue weighted by Gasteiger charge is -2.18. The van der Waals surface area contributed by atoms with Crippen molar-refractivity contribution in [3.8, 4) is 28.3 Å². The van der Waals surface area contributed by atoms with Gasteiger partial charge in [0.2, 0.25) is 0 Å². The van der Waals surface area contributed by atoms with Crippen LogP contribution in [0.25, 0.3) is 22.4 Å². The maximum atomic E-state index is 13.2. The SMILES string of the molecule is CCN(CC)CCOc1n[nH]c(-c2ccccc2)c(-c2ccccc2)c1=O. The third kappa shape index (κ3) is 4.44. The number of aromatic amines is 1. The quantitative estimate of drug-likeness (QED) is 0.661. The van der Waals surface area contributed by atoms with E-state index in [4.69, 9.17) is 4.74 Å². The zero-order chi connectivity index (χ0) is 19.1. The lowest BCUT2D eigenvalue weighted by Crippen LogP contribution is -2.29. The Labute approximate surface area is 159 Å². The summed E-state index contributed by atoms with van der Waals surface area (Å²) in [6.07, 6.45) is 0. The summed E-state index contributed by atoms with van der Waals surface area (Å²) in [6, 6.07) is 19.4. The molecule has 0 aliphatic rings. The predicted molar refractivity (Wildman–Crippen MR) is 109 cm³/mol. The maximum absolute atomic E-state index is 13.2. The van der Waals surface area contributed by atoms with E-state index in [1.165, 1.54) is 0 Å². The van der Waals surface area contributed by atoms with Gasteiger partial charge in [0.05, 0.1) is 11.3 Å². The molecule has 0 amide bonds. The van der Waals surface area contributed by atoms with Crippen LogP contribution in [0, 0.1) is 0 Å². The molecule has 1 N–H and O–H groups in total. The molecule has 0 spiro atoms. The number of nitrogens with zero attached hydrogens (tertiary/aromatic N) is 2. The molecule has 2 aromatic carbocycles. The molecular formula is C22H25N3O2. The Kier molecular flexibility index (Phi) is 6.39. The first-order valence-electron chi connectivity index (χ1n) is 9.33. The van der Waals surface area contributed by atoms with Crippen LogP contribution in [0.1, 0.15) is 13.8 Å². The van der Waals surface area contributed by atoms with Crippen molar-refractivity contribution >= 4 is 0 Å². The van der Waals surface area contributed by atoms with E-state index in [2.05, 4.69) is 28.9 Å². The molecular weight excluding hydrogens is 338 g/mol. The number of hydrogen-bond donors (Lipinski definition) is 1. The minimum absolute atomic E-state index is 0.112. The zero-order valence-corrected chi connectivity index (χ0v) is 15.8. The van der Waals surface area contributed by atoms with Crippen molar-refractivity contribution in [3.63, 3.8) is 0 Å². The molecule has 0 radical (unpaired) electrons. The van der Waals surface area contributed by atoms with Crippen LogP contribution in [0.3, 0.4) is 0 Å². The van der Waals surface area contributed by atoms with Gasteiger partial charge in [0.15, 0.2) is 0 Å². The van der Waals surface area contributed by atoms with Crippen LogP contribution >= 0.6 is 0 Å². The van der Waals surface area contributed by atoms with E-state index in [1.54, 1.807) is 0 Å². The highest BCUT2D eigenvalue weighted by Gasteiger charge is 2.17. The Bertz CT molecular complexity index is 904. The molecule has 1 aromatic heterocycles. The molecule has 0 atom stereocenters. The van der Waals surface area contributed by atoms with Crippen LogP contribution < -0.4 is 10.2 Å². The summed E-state index contributed by atoms with van der Waals surface area (Å²) >= 11 is 0. The van der Waals surface area contributed by atoms with Crippen molar-refractivity contribution < 1.29 is 4.74 Å². The van der Waals surface area contributed by atoms with Crippen LogP contribution in [-0.2, 0) is 0 Å². The molecule has 3 rings (SSSR count). The minimum atomic E-state index is -0.196. The molecule has 0 bridgehead atoms. The van der Waals surface area contributed by atoms with E-state index < -0.39 is 0 Å². The second-order valence-electron chi connectivity index (χ2n) is 6.22. The van der Waals surface area contributed by atoms with Crippen LogP contribution in [0.2, 0.25) is 0 Å². The normalized spacial score (nSPS) is 10.9. The molecule has 0 aliphatic heterocycles. The molecule has 140 valence electrons. The zero-order valence-electron chi connectivity index (χ0n) is 15.8. The first kappa shape index (κ1) is 18.9. The Morgan fingerprint density at radius 1 is 0.926 bits per heavy atom. The van der Waals surface area contributed by atoms with Gasteiger partial charge in [-0.15, -0.1) is 5.10 Å². The molecule has 0 saturated carbocycles. The van der Waals surface area contributed by atoms with Crippen LogP contribution in [0.4, 0.5) is 0 Å². The van der Waals surface area contributed by atoms with Crippen LogP contribution in [0.15, 0.2) is 65.5 Å². The van der Waals surface area contributed by atoms with Gasteiger partial charge in [-0.3, -0.25) is 9.89 Å². The number of ether oxygens (including phenoxy) is 1. The number of likely N-dealkylation sites (N-methyl/N-ethyl adjacent to an activating group) is 1. The van der Waals surface area contributed by atoms with Gasteiger partial charge in [0, 0.05) is 12.1 Å². The Hall–Kier alpha value is -2.92. The standard InChI is InChI=1S/C22H25N3O2/c1-3-25(4-2)15-16-27-22-21(26)19(17-11-7-5-8-12-17)20(23-24-22)18-13-9-6-10-14-18/h5-14H,3-4,15-16H2,1-2H3,(H,23,26). The molecule has 5 heteroatoms. The highest BCUT2D eigenvalue weighted by molar-refractivity contribution is 5.80. The van der Waals surface area contributed by atoms with Crippen molar-refractivity contribution in [2.75, 3.05) is 26.2 Å². The van der Waals surface area contributed by atoms with Gasteiger partial charge in [0.1, 0.15) is 6.61 Å². The summed E-state index contributed by atoms with van der Waals surface area (Å²) in [5, 5.41) is 7.25. The first-order chi connectivity index (χ1) is 13.2. The van der Waals surface area contributed by atoms with Crippen molar-refractivity contribution in [2.45, 2.75) is 13.8 Å². The largest absolute Gasteiger partial charge is 0.473 e. The highest BCUT2D eigenvalue weighted by Crippen LogP contribution is 2.28. The molecule has 1 heterocycles.